The monoisotopic (exact) mass is 437 g/mol. The van der Waals surface area contributed by atoms with Gasteiger partial charge in [0.25, 0.3) is 11.8 Å². The van der Waals surface area contributed by atoms with Crippen LogP contribution in [0.1, 0.15) is 34.3 Å². The summed E-state index contributed by atoms with van der Waals surface area (Å²) in [5.74, 6) is -0.144. The number of ether oxygens (including phenoxy) is 1. The van der Waals surface area contributed by atoms with E-state index in [4.69, 9.17) is 4.74 Å². The van der Waals surface area contributed by atoms with Crippen LogP contribution in [0.15, 0.2) is 42.5 Å². The average molecular weight is 437 g/mol. The lowest BCUT2D eigenvalue weighted by molar-refractivity contribution is -0.153. The molecule has 1 saturated carbocycles. The van der Waals surface area contributed by atoms with E-state index < -0.39 is 17.8 Å². The minimum Gasteiger partial charge on any atom is -0.475 e. The predicted octanol–water partition coefficient (Wildman–Crippen LogP) is 1.06. The Bertz CT molecular complexity index is 1050. The molecule has 0 bridgehead atoms. The zero-order chi connectivity index (χ0) is 22.3. The third-order valence-electron chi connectivity index (χ3n) is 6.52. The highest BCUT2D eigenvalue weighted by Crippen LogP contribution is 2.44. The van der Waals surface area contributed by atoms with Crippen molar-refractivity contribution in [2.24, 2.45) is 0 Å². The van der Waals surface area contributed by atoms with Gasteiger partial charge in [0.15, 0.2) is 5.60 Å². The van der Waals surface area contributed by atoms with E-state index in [-0.39, 0.29) is 31.2 Å². The third-order valence-corrected chi connectivity index (χ3v) is 6.52. The van der Waals surface area contributed by atoms with Gasteiger partial charge in [-0.25, -0.2) is 0 Å². The number of β-amino-alcohol motifs (C(OH)–C–C–N with tert-alkyl or cyclic N) is 1. The zero-order valence-corrected chi connectivity index (χ0v) is 17.7. The Hall–Kier alpha value is -2.94. The van der Waals surface area contributed by atoms with Crippen LogP contribution in [0.4, 0.5) is 5.69 Å². The topological polar surface area (TPSA) is 111 Å². The minimum atomic E-state index is -1.00. The highest BCUT2D eigenvalue weighted by Gasteiger charge is 2.54. The third kappa shape index (κ3) is 3.97. The molecule has 2 aromatic carbocycles. The molecule has 2 heterocycles. The molecule has 1 unspecified atom stereocenters. The van der Waals surface area contributed by atoms with Crippen molar-refractivity contribution in [3.05, 3.63) is 59.2 Å². The predicted molar refractivity (Wildman–Crippen MR) is 117 cm³/mol. The first-order chi connectivity index (χ1) is 15.4. The van der Waals surface area contributed by atoms with Crippen LogP contribution in [0.2, 0.25) is 0 Å². The van der Waals surface area contributed by atoms with Gasteiger partial charge in [-0.15, -0.1) is 0 Å². The molecule has 1 aliphatic carbocycles. The highest BCUT2D eigenvalue weighted by atomic mass is 16.5. The highest BCUT2D eigenvalue weighted by molar-refractivity contribution is 6.03. The van der Waals surface area contributed by atoms with Gasteiger partial charge in [-0.3, -0.25) is 14.5 Å². The van der Waals surface area contributed by atoms with E-state index >= 15 is 0 Å². The molecule has 8 heteroatoms. The largest absolute Gasteiger partial charge is 0.475 e. The summed E-state index contributed by atoms with van der Waals surface area (Å²) in [6.07, 6.45) is 0.272. The van der Waals surface area contributed by atoms with Crippen LogP contribution in [0.25, 0.3) is 0 Å². The lowest BCUT2D eigenvalue weighted by atomic mass is 9.76. The van der Waals surface area contributed by atoms with E-state index in [1.165, 1.54) is 11.1 Å². The molecular formula is C24H27N3O5. The van der Waals surface area contributed by atoms with E-state index in [1.54, 1.807) is 18.2 Å². The maximum absolute atomic E-state index is 12.6. The van der Waals surface area contributed by atoms with Crippen molar-refractivity contribution in [1.29, 1.82) is 0 Å². The van der Waals surface area contributed by atoms with Crippen molar-refractivity contribution in [2.75, 3.05) is 25.0 Å². The van der Waals surface area contributed by atoms with E-state index in [9.17, 15) is 19.8 Å². The number of fused-ring (bicyclic) bond motifs is 2. The van der Waals surface area contributed by atoms with Crippen LogP contribution in [-0.4, -0.2) is 64.4 Å². The van der Waals surface area contributed by atoms with E-state index in [0.717, 1.165) is 19.5 Å². The second kappa shape index (κ2) is 8.20. The number of rotatable bonds is 5. The van der Waals surface area contributed by atoms with Gasteiger partial charge >= 0.3 is 0 Å². The average Bonchev–Trinajstić information content (AvgIpc) is 2.76. The minimum absolute atomic E-state index is 0.137. The van der Waals surface area contributed by atoms with Crippen LogP contribution in [0.3, 0.4) is 0 Å². The number of hydrogen-bond donors (Lipinski definition) is 4. The van der Waals surface area contributed by atoms with Crippen molar-refractivity contribution >= 4 is 17.5 Å². The molecular weight excluding hydrogens is 410 g/mol. The van der Waals surface area contributed by atoms with E-state index in [0.29, 0.717) is 23.5 Å². The van der Waals surface area contributed by atoms with Gasteiger partial charge in [0.1, 0.15) is 5.75 Å². The molecule has 3 aliphatic rings. The molecule has 32 heavy (non-hydrogen) atoms. The molecule has 2 aromatic rings. The van der Waals surface area contributed by atoms with Crippen molar-refractivity contribution in [2.45, 2.75) is 43.6 Å². The molecule has 1 atom stereocenters. The number of aliphatic hydroxyl groups is 2. The van der Waals surface area contributed by atoms with Crippen LogP contribution < -0.4 is 15.4 Å². The summed E-state index contributed by atoms with van der Waals surface area (Å²) in [6.45, 7) is 2.30. The Balaban J connectivity index is 1.15. The van der Waals surface area contributed by atoms with E-state index in [2.05, 4.69) is 27.7 Å². The summed E-state index contributed by atoms with van der Waals surface area (Å²) in [6, 6.07) is 13.2. The number of nitrogens with zero attached hydrogens (tertiary/aromatic N) is 1. The first kappa shape index (κ1) is 20.9. The molecule has 4 N–H and O–H groups in total. The summed E-state index contributed by atoms with van der Waals surface area (Å²) >= 11 is 0. The van der Waals surface area contributed by atoms with Gasteiger partial charge in [-0.1, -0.05) is 24.3 Å². The van der Waals surface area contributed by atoms with Crippen molar-refractivity contribution < 1.29 is 24.5 Å². The van der Waals surface area contributed by atoms with Crippen LogP contribution in [-0.2, 0) is 17.8 Å². The molecule has 0 saturated heterocycles. The molecule has 168 valence electrons. The van der Waals surface area contributed by atoms with E-state index in [1.807, 2.05) is 12.1 Å². The number of nitrogens with one attached hydrogen (secondary N) is 2. The van der Waals surface area contributed by atoms with Crippen molar-refractivity contribution in [1.82, 2.24) is 10.2 Å². The number of hydrogen-bond acceptors (Lipinski definition) is 6. The van der Waals surface area contributed by atoms with Gasteiger partial charge in [-0.2, -0.15) is 0 Å². The second-order valence-electron chi connectivity index (χ2n) is 8.94. The number of anilines is 1. The second-order valence-corrected chi connectivity index (χ2v) is 8.94. The molecule has 0 aromatic heterocycles. The molecule has 1 spiro atoms. The van der Waals surface area contributed by atoms with Crippen LogP contribution >= 0.6 is 0 Å². The molecule has 1 fully saturated rings. The number of benzene rings is 2. The Morgan fingerprint density at radius 1 is 1.25 bits per heavy atom. The van der Waals surface area contributed by atoms with Gasteiger partial charge in [0.05, 0.1) is 17.9 Å². The summed E-state index contributed by atoms with van der Waals surface area (Å²) < 4.78 is 5.83. The Kier molecular flexibility index (Phi) is 5.36. The normalized spacial score (nSPS) is 25.1. The Morgan fingerprint density at radius 2 is 2.03 bits per heavy atom. The summed E-state index contributed by atoms with van der Waals surface area (Å²) in [5, 5.41) is 25.5. The number of amides is 2. The number of aliphatic hydroxyl groups excluding tert-OH is 2. The van der Waals surface area contributed by atoms with Crippen molar-refractivity contribution in [3.8, 4) is 5.75 Å². The lowest BCUT2D eigenvalue weighted by Gasteiger charge is -2.46. The van der Waals surface area contributed by atoms with Crippen molar-refractivity contribution in [3.63, 3.8) is 0 Å². The first-order valence-corrected chi connectivity index (χ1v) is 11.0. The lowest BCUT2D eigenvalue weighted by Crippen LogP contribution is -2.61. The molecule has 8 nitrogen and oxygen atoms in total. The van der Waals surface area contributed by atoms with Gasteiger partial charge in [0, 0.05) is 44.6 Å². The molecule has 5 rings (SSSR count). The maximum atomic E-state index is 12.6. The summed E-state index contributed by atoms with van der Waals surface area (Å²) in [5.41, 5.74) is 2.44. The Morgan fingerprint density at radius 3 is 2.81 bits per heavy atom. The van der Waals surface area contributed by atoms with Crippen LogP contribution in [0, 0.1) is 0 Å². The van der Waals surface area contributed by atoms with Gasteiger partial charge in [0.2, 0.25) is 0 Å². The summed E-state index contributed by atoms with van der Waals surface area (Å²) in [4.78, 5) is 27.2. The molecule has 2 aliphatic heterocycles. The number of carbonyl (C=O) groups excluding carboxylic acids is 2. The fraction of sp³-hybridized carbons (Fsp3) is 0.417. The fourth-order valence-electron chi connectivity index (χ4n) is 4.71. The smallest absolute Gasteiger partial charge is 0.268 e. The first-order valence-electron chi connectivity index (χ1n) is 11.0. The molecule has 2 amide bonds. The Labute approximate surface area is 186 Å². The van der Waals surface area contributed by atoms with Gasteiger partial charge in [-0.05, 0) is 35.7 Å². The standard InChI is InChI=1S/C24H27N3O5/c28-18-10-24(11-18)23(31)26-20-9-16(5-6-21(20)32-24)22(30)25-12-19(29)14-27-8-7-15-3-1-2-4-17(15)13-27/h1-6,9,18-19,28-29H,7-8,10-14H2,(H,25,30)(H,26,31). The summed E-state index contributed by atoms with van der Waals surface area (Å²) in [7, 11) is 0. The van der Waals surface area contributed by atoms with Crippen LogP contribution in [0.5, 0.6) is 5.75 Å². The SMILES string of the molecule is O=C(NCC(O)CN1CCc2ccccc2C1)c1ccc2c(c1)NC(=O)C1(CC(O)C1)O2. The molecule has 0 radical (unpaired) electrons. The fourth-order valence-corrected chi connectivity index (χ4v) is 4.71. The number of carbonyl (C=O) groups is 2. The zero-order valence-electron chi connectivity index (χ0n) is 17.7. The quantitative estimate of drug-likeness (QED) is 0.557. The maximum Gasteiger partial charge on any atom is 0.268 e. The van der Waals surface area contributed by atoms with Gasteiger partial charge < -0.3 is 25.6 Å².